The van der Waals surface area contributed by atoms with Gasteiger partial charge in [0.05, 0.1) is 0 Å². The Morgan fingerprint density at radius 2 is 1.54 bits per heavy atom. The Balaban J connectivity index is 1.35. The molecule has 0 unspecified atom stereocenters. The number of nitrogens with zero attached hydrogens (tertiary/aromatic N) is 6. The third kappa shape index (κ3) is 5.51. The Morgan fingerprint density at radius 1 is 0.800 bits per heavy atom. The van der Waals surface area contributed by atoms with E-state index < -0.39 is 0 Å². The van der Waals surface area contributed by atoms with E-state index >= 15 is 0 Å². The van der Waals surface area contributed by atoms with Gasteiger partial charge in [-0.15, -0.1) is 10.2 Å². The smallest absolute Gasteiger partial charge is 0.205 e. The van der Waals surface area contributed by atoms with E-state index in [4.69, 9.17) is 10.1 Å². The number of H-pyrrole nitrogens is 1. The van der Waals surface area contributed by atoms with Crippen LogP contribution in [0.15, 0.2) is 78.9 Å². The third-order valence-electron chi connectivity index (χ3n) is 5.95. The number of benzene rings is 3. The van der Waals surface area contributed by atoms with Gasteiger partial charge < -0.3 is 0 Å². The molecule has 5 aromatic rings. The molecule has 7 nitrogen and oxygen atoms in total. The first-order chi connectivity index (χ1) is 17.2. The van der Waals surface area contributed by atoms with Gasteiger partial charge in [-0.3, -0.25) is 0 Å². The minimum absolute atomic E-state index is 0.501. The van der Waals surface area contributed by atoms with Gasteiger partial charge in [-0.25, -0.2) is 9.67 Å². The fraction of sp³-hybridized carbons (Fsp3) is 0.250. The fourth-order valence-corrected chi connectivity index (χ4v) is 4.25. The van der Waals surface area contributed by atoms with Crippen LogP contribution in [0.5, 0.6) is 0 Å². The van der Waals surface area contributed by atoms with E-state index in [0.717, 1.165) is 54.1 Å². The molecule has 5 rings (SSSR count). The van der Waals surface area contributed by atoms with Crippen LogP contribution in [-0.4, -0.2) is 35.4 Å². The highest BCUT2D eigenvalue weighted by molar-refractivity contribution is 5.80. The maximum absolute atomic E-state index is 4.93. The van der Waals surface area contributed by atoms with Crippen LogP contribution in [0.3, 0.4) is 0 Å². The van der Waals surface area contributed by atoms with E-state index in [-0.39, 0.29) is 0 Å². The van der Waals surface area contributed by atoms with E-state index in [9.17, 15) is 0 Å². The minimum Gasteiger partial charge on any atom is -0.249 e. The van der Waals surface area contributed by atoms with Crippen molar-refractivity contribution >= 4 is 0 Å². The first-order valence-corrected chi connectivity index (χ1v) is 12.0. The predicted molar refractivity (Wildman–Crippen MR) is 137 cm³/mol. The second-order valence-corrected chi connectivity index (χ2v) is 9.16. The van der Waals surface area contributed by atoms with Crippen LogP contribution in [0.1, 0.15) is 36.6 Å². The molecule has 0 saturated carbocycles. The zero-order valence-corrected chi connectivity index (χ0v) is 20.1. The molecular formula is C28H29N7. The normalized spacial score (nSPS) is 11.3. The van der Waals surface area contributed by atoms with Crippen LogP contribution in [0.4, 0.5) is 0 Å². The summed E-state index contributed by atoms with van der Waals surface area (Å²) in [5.74, 6) is 3.02. The maximum atomic E-state index is 4.93. The number of hydrogen-bond donors (Lipinski definition) is 1. The van der Waals surface area contributed by atoms with Gasteiger partial charge in [0.25, 0.3) is 0 Å². The zero-order valence-electron chi connectivity index (χ0n) is 20.1. The Kier molecular flexibility index (Phi) is 6.75. The van der Waals surface area contributed by atoms with Crippen LogP contribution in [0.2, 0.25) is 0 Å². The number of nitrogens with one attached hydrogen (secondary N) is 1. The monoisotopic (exact) mass is 463 g/mol. The van der Waals surface area contributed by atoms with Crippen LogP contribution in [0, 0.1) is 5.92 Å². The molecule has 7 heteroatoms. The average molecular weight is 464 g/mol. The van der Waals surface area contributed by atoms with Gasteiger partial charge in [-0.1, -0.05) is 92.7 Å². The summed E-state index contributed by atoms with van der Waals surface area (Å²) in [4.78, 5) is 4.93. The topological polar surface area (TPSA) is 85.2 Å². The Morgan fingerprint density at radius 3 is 2.26 bits per heavy atom. The van der Waals surface area contributed by atoms with Gasteiger partial charge in [0.15, 0.2) is 5.82 Å². The number of tetrazole rings is 1. The van der Waals surface area contributed by atoms with E-state index in [2.05, 4.69) is 93.8 Å². The van der Waals surface area contributed by atoms with Crippen molar-refractivity contribution in [3.8, 4) is 22.5 Å². The van der Waals surface area contributed by atoms with Gasteiger partial charge in [0.1, 0.15) is 5.82 Å². The van der Waals surface area contributed by atoms with Gasteiger partial charge in [-0.05, 0) is 39.8 Å². The van der Waals surface area contributed by atoms with Crippen molar-refractivity contribution in [2.24, 2.45) is 5.92 Å². The summed E-state index contributed by atoms with van der Waals surface area (Å²) >= 11 is 0. The zero-order chi connectivity index (χ0) is 24.0. The van der Waals surface area contributed by atoms with Gasteiger partial charge in [0, 0.05) is 24.9 Å². The lowest BCUT2D eigenvalue weighted by atomic mass is 9.98. The molecule has 0 radical (unpaired) electrons. The summed E-state index contributed by atoms with van der Waals surface area (Å²) in [5, 5.41) is 19.4. The minimum atomic E-state index is 0.501. The molecular weight excluding hydrogens is 434 g/mol. The number of hydrogen-bond acceptors (Lipinski definition) is 5. The average Bonchev–Trinajstić information content (AvgIpc) is 3.54. The summed E-state index contributed by atoms with van der Waals surface area (Å²) in [6, 6.07) is 27.3. The van der Waals surface area contributed by atoms with Crippen LogP contribution < -0.4 is 0 Å². The summed E-state index contributed by atoms with van der Waals surface area (Å²) in [7, 11) is 0. The molecule has 0 aliphatic heterocycles. The summed E-state index contributed by atoms with van der Waals surface area (Å²) in [6.45, 7) is 5.29. The molecule has 0 saturated heterocycles. The lowest BCUT2D eigenvalue weighted by Crippen LogP contribution is -2.11. The highest BCUT2D eigenvalue weighted by atomic mass is 15.5. The van der Waals surface area contributed by atoms with Crippen LogP contribution in [0.25, 0.3) is 22.5 Å². The van der Waals surface area contributed by atoms with Crippen molar-refractivity contribution in [1.29, 1.82) is 0 Å². The van der Waals surface area contributed by atoms with E-state index in [1.54, 1.807) is 0 Å². The lowest BCUT2D eigenvalue weighted by molar-refractivity contribution is 0.466. The highest BCUT2D eigenvalue weighted by Crippen LogP contribution is 2.30. The number of rotatable bonds is 9. The van der Waals surface area contributed by atoms with Gasteiger partial charge in [0.2, 0.25) is 5.82 Å². The quantitative estimate of drug-likeness (QED) is 0.326. The van der Waals surface area contributed by atoms with Crippen molar-refractivity contribution in [2.45, 2.75) is 39.7 Å². The first kappa shape index (κ1) is 22.7. The van der Waals surface area contributed by atoms with Crippen LogP contribution in [-0.2, 0) is 25.8 Å². The largest absolute Gasteiger partial charge is 0.249 e. The molecule has 1 N–H and O–H groups in total. The Labute approximate surface area is 205 Å². The molecule has 0 amide bonds. The molecule has 0 atom stereocenters. The number of aromatic nitrogens is 7. The van der Waals surface area contributed by atoms with E-state index in [0.29, 0.717) is 11.7 Å². The highest BCUT2D eigenvalue weighted by Gasteiger charge is 2.14. The molecule has 2 aromatic heterocycles. The number of aromatic amines is 1. The van der Waals surface area contributed by atoms with Crippen molar-refractivity contribution in [3.05, 3.63) is 102 Å². The first-order valence-electron chi connectivity index (χ1n) is 12.0. The summed E-state index contributed by atoms with van der Waals surface area (Å²) < 4.78 is 2.09. The lowest BCUT2D eigenvalue weighted by Gasteiger charge is -2.10. The Hall–Kier alpha value is -4.13. The van der Waals surface area contributed by atoms with E-state index in [1.807, 2.05) is 24.3 Å². The maximum Gasteiger partial charge on any atom is 0.205 e. The third-order valence-corrected chi connectivity index (χ3v) is 5.95. The predicted octanol–water partition coefficient (Wildman–Crippen LogP) is 5.16. The molecule has 0 spiro atoms. The molecule has 0 aliphatic rings. The standard InChI is InChI=1S/C28H29N7/c1-20(2)19-35-27(29-26(32-35)17-14-21-8-4-3-5-9-21)18-22-12-15-23(16-13-22)24-10-6-7-11-25(24)28-30-33-34-31-28/h3-13,15-16,20H,14,17-19H2,1-2H3,(H,30,31,33,34). The van der Waals surface area contributed by atoms with Gasteiger partial charge >= 0.3 is 0 Å². The molecule has 176 valence electrons. The number of aryl methyl sites for hydroxylation is 2. The fourth-order valence-electron chi connectivity index (χ4n) is 4.25. The molecule has 0 bridgehead atoms. The van der Waals surface area contributed by atoms with Gasteiger partial charge in [-0.2, -0.15) is 10.3 Å². The second kappa shape index (κ2) is 10.4. The van der Waals surface area contributed by atoms with Crippen molar-refractivity contribution in [2.75, 3.05) is 0 Å². The van der Waals surface area contributed by atoms with Crippen LogP contribution >= 0.6 is 0 Å². The van der Waals surface area contributed by atoms with Crippen molar-refractivity contribution < 1.29 is 0 Å². The SMILES string of the molecule is CC(C)Cn1nc(CCc2ccccc2)nc1Cc1ccc(-c2ccccc2-c2nn[nH]n2)cc1. The summed E-state index contributed by atoms with van der Waals surface area (Å²) in [5.41, 5.74) is 5.66. The molecule has 2 heterocycles. The van der Waals surface area contributed by atoms with Crippen molar-refractivity contribution in [1.82, 2.24) is 35.4 Å². The molecule has 0 aliphatic carbocycles. The van der Waals surface area contributed by atoms with Crippen molar-refractivity contribution in [3.63, 3.8) is 0 Å². The molecule has 0 fully saturated rings. The molecule has 35 heavy (non-hydrogen) atoms. The second-order valence-electron chi connectivity index (χ2n) is 9.16. The summed E-state index contributed by atoms with van der Waals surface area (Å²) in [6.07, 6.45) is 2.53. The van der Waals surface area contributed by atoms with E-state index in [1.165, 1.54) is 11.1 Å². The Bertz CT molecular complexity index is 1350. The molecule has 3 aromatic carbocycles.